The van der Waals surface area contributed by atoms with E-state index in [1.807, 2.05) is 37.3 Å². The SMILES string of the molecule is CCCCNC(=O)[C@@H](Cc1ccccc1)N(Cc1ccccc1Cl)C(=O)CN(c1ccc(Cl)cc1Cl)S(=O)(=O)c1ccccc1. The zero-order valence-electron chi connectivity index (χ0n) is 24.7. The van der Waals surface area contributed by atoms with Gasteiger partial charge in [-0.05, 0) is 53.9 Å². The van der Waals surface area contributed by atoms with Crippen LogP contribution in [0.4, 0.5) is 5.69 Å². The summed E-state index contributed by atoms with van der Waals surface area (Å²) < 4.78 is 29.1. The van der Waals surface area contributed by atoms with Crippen LogP contribution >= 0.6 is 34.8 Å². The number of nitrogens with zero attached hydrogens (tertiary/aromatic N) is 2. The van der Waals surface area contributed by atoms with E-state index in [1.165, 1.54) is 35.2 Å². The number of nitrogens with one attached hydrogen (secondary N) is 1. The highest BCUT2D eigenvalue weighted by atomic mass is 35.5. The molecule has 0 bridgehead atoms. The van der Waals surface area contributed by atoms with Gasteiger partial charge < -0.3 is 10.2 Å². The molecule has 0 radical (unpaired) electrons. The standard InChI is InChI=1S/C34H34Cl3N3O4S/c1-2-3-20-38-34(42)32(21-25-12-6-4-7-13-25)39(23-26-14-10-11-17-29(26)36)33(41)24-40(31-19-18-27(35)22-30(31)37)45(43,44)28-15-8-5-9-16-28/h4-19,22,32H,2-3,20-21,23-24H2,1H3,(H,38,42)/t32-/m1/s1. The zero-order chi connectivity index (χ0) is 32.4. The fraction of sp³-hybridized carbons (Fsp3) is 0.235. The van der Waals surface area contributed by atoms with E-state index in [0.29, 0.717) is 22.2 Å². The number of benzene rings is 4. The minimum absolute atomic E-state index is 0.0281. The molecular weight excluding hydrogens is 653 g/mol. The molecule has 1 N–H and O–H groups in total. The largest absolute Gasteiger partial charge is 0.354 e. The van der Waals surface area contributed by atoms with Gasteiger partial charge in [0.25, 0.3) is 10.0 Å². The second-order valence-electron chi connectivity index (χ2n) is 10.4. The van der Waals surface area contributed by atoms with Crippen LogP contribution in [0.15, 0.2) is 108 Å². The van der Waals surface area contributed by atoms with E-state index in [1.54, 1.807) is 42.5 Å². The molecule has 4 aromatic carbocycles. The first-order chi connectivity index (χ1) is 21.6. The first-order valence-electron chi connectivity index (χ1n) is 14.5. The number of rotatable bonds is 14. The predicted octanol–water partition coefficient (Wildman–Crippen LogP) is 7.40. The third-order valence-electron chi connectivity index (χ3n) is 7.19. The van der Waals surface area contributed by atoms with Gasteiger partial charge in [0.05, 0.1) is 15.6 Å². The first kappa shape index (κ1) is 34.3. The molecule has 4 aromatic rings. The van der Waals surface area contributed by atoms with Crippen LogP contribution in [0.1, 0.15) is 30.9 Å². The van der Waals surface area contributed by atoms with Crippen LogP contribution in [-0.4, -0.2) is 44.3 Å². The van der Waals surface area contributed by atoms with E-state index in [2.05, 4.69) is 5.32 Å². The number of carbonyl (C=O) groups is 2. The minimum Gasteiger partial charge on any atom is -0.354 e. The molecule has 7 nitrogen and oxygen atoms in total. The average molecular weight is 687 g/mol. The lowest BCUT2D eigenvalue weighted by molar-refractivity contribution is -0.140. The summed E-state index contributed by atoms with van der Waals surface area (Å²) in [5.74, 6) is -0.971. The molecule has 0 aromatic heterocycles. The summed E-state index contributed by atoms with van der Waals surface area (Å²) in [4.78, 5) is 29.7. The van der Waals surface area contributed by atoms with Crippen LogP contribution < -0.4 is 9.62 Å². The number of amides is 2. The van der Waals surface area contributed by atoms with Crippen molar-refractivity contribution in [2.45, 2.75) is 43.7 Å². The molecule has 0 fully saturated rings. The molecular formula is C34H34Cl3N3O4S. The number of anilines is 1. The summed E-state index contributed by atoms with van der Waals surface area (Å²) in [7, 11) is -4.29. The van der Waals surface area contributed by atoms with Crippen molar-refractivity contribution in [3.8, 4) is 0 Å². The zero-order valence-corrected chi connectivity index (χ0v) is 27.8. The van der Waals surface area contributed by atoms with Crippen molar-refractivity contribution >= 4 is 62.3 Å². The second kappa shape index (κ2) is 16.1. The smallest absolute Gasteiger partial charge is 0.264 e. The predicted molar refractivity (Wildman–Crippen MR) is 181 cm³/mol. The summed E-state index contributed by atoms with van der Waals surface area (Å²) in [5.41, 5.74) is 1.51. The molecule has 0 saturated heterocycles. The van der Waals surface area contributed by atoms with E-state index >= 15 is 0 Å². The maximum absolute atomic E-state index is 14.5. The van der Waals surface area contributed by atoms with Crippen LogP contribution in [0, 0.1) is 0 Å². The number of sulfonamides is 1. The van der Waals surface area contributed by atoms with Crippen molar-refractivity contribution in [2.75, 3.05) is 17.4 Å². The Morgan fingerprint density at radius 2 is 1.47 bits per heavy atom. The van der Waals surface area contributed by atoms with E-state index < -0.39 is 28.5 Å². The van der Waals surface area contributed by atoms with Crippen molar-refractivity contribution in [1.82, 2.24) is 10.2 Å². The number of unbranched alkanes of at least 4 members (excludes halogenated alkanes) is 1. The van der Waals surface area contributed by atoms with Gasteiger partial charge in [0.15, 0.2) is 0 Å². The lowest BCUT2D eigenvalue weighted by Crippen LogP contribution is -2.53. The van der Waals surface area contributed by atoms with Gasteiger partial charge in [-0.3, -0.25) is 13.9 Å². The molecule has 1 atom stereocenters. The van der Waals surface area contributed by atoms with Crippen molar-refractivity contribution in [2.24, 2.45) is 0 Å². The highest BCUT2D eigenvalue weighted by molar-refractivity contribution is 7.92. The molecule has 0 heterocycles. The highest BCUT2D eigenvalue weighted by Gasteiger charge is 2.35. The lowest BCUT2D eigenvalue weighted by Gasteiger charge is -2.34. The third-order valence-corrected chi connectivity index (χ3v) is 9.87. The van der Waals surface area contributed by atoms with Crippen LogP contribution in [0.25, 0.3) is 0 Å². The summed E-state index contributed by atoms with van der Waals surface area (Å²) in [6, 6.07) is 27.5. The average Bonchev–Trinajstić information content (AvgIpc) is 3.03. The Labute approximate surface area is 279 Å². The Bertz CT molecular complexity index is 1710. The van der Waals surface area contributed by atoms with Crippen molar-refractivity contribution < 1.29 is 18.0 Å². The van der Waals surface area contributed by atoms with Crippen molar-refractivity contribution in [1.29, 1.82) is 0 Å². The van der Waals surface area contributed by atoms with Crippen LogP contribution in [-0.2, 0) is 32.6 Å². The Kier molecular flexibility index (Phi) is 12.3. The van der Waals surface area contributed by atoms with Gasteiger partial charge in [0, 0.05) is 29.6 Å². The molecule has 236 valence electrons. The molecule has 0 aliphatic heterocycles. The van der Waals surface area contributed by atoms with Gasteiger partial charge in [-0.25, -0.2) is 8.42 Å². The van der Waals surface area contributed by atoms with Gasteiger partial charge in [0.1, 0.15) is 12.6 Å². The summed E-state index contributed by atoms with van der Waals surface area (Å²) in [5, 5.41) is 3.73. The lowest BCUT2D eigenvalue weighted by atomic mass is 10.0. The third kappa shape index (κ3) is 9.01. The van der Waals surface area contributed by atoms with Crippen molar-refractivity contribution in [3.05, 3.63) is 129 Å². The molecule has 0 unspecified atom stereocenters. The normalized spacial score (nSPS) is 11.9. The summed E-state index contributed by atoms with van der Waals surface area (Å²) >= 11 is 19.2. The van der Waals surface area contributed by atoms with Gasteiger partial charge in [-0.2, -0.15) is 0 Å². The molecule has 0 spiro atoms. The van der Waals surface area contributed by atoms with E-state index in [0.717, 1.165) is 22.7 Å². The van der Waals surface area contributed by atoms with Crippen molar-refractivity contribution in [3.63, 3.8) is 0 Å². The van der Waals surface area contributed by atoms with Gasteiger partial charge in [-0.15, -0.1) is 0 Å². The molecule has 45 heavy (non-hydrogen) atoms. The fourth-order valence-electron chi connectivity index (χ4n) is 4.79. The number of hydrogen-bond donors (Lipinski definition) is 1. The quantitative estimate of drug-likeness (QED) is 0.140. The Balaban J connectivity index is 1.81. The maximum atomic E-state index is 14.5. The number of hydrogen-bond acceptors (Lipinski definition) is 4. The molecule has 0 aliphatic rings. The minimum atomic E-state index is -4.29. The summed E-state index contributed by atoms with van der Waals surface area (Å²) in [6.07, 6.45) is 1.84. The molecule has 0 aliphatic carbocycles. The van der Waals surface area contributed by atoms with E-state index in [9.17, 15) is 18.0 Å². The number of halogens is 3. The maximum Gasteiger partial charge on any atom is 0.264 e. The molecule has 2 amide bonds. The van der Waals surface area contributed by atoms with Crippen LogP contribution in [0.5, 0.6) is 0 Å². The topological polar surface area (TPSA) is 86.8 Å². The molecule has 4 rings (SSSR count). The van der Waals surface area contributed by atoms with Crippen LogP contribution in [0.2, 0.25) is 15.1 Å². The van der Waals surface area contributed by atoms with E-state index in [4.69, 9.17) is 34.8 Å². The molecule has 11 heteroatoms. The number of carbonyl (C=O) groups excluding carboxylic acids is 2. The van der Waals surface area contributed by atoms with Gasteiger partial charge in [-0.1, -0.05) is 115 Å². The highest BCUT2D eigenvalue weighted by Crippen LogP contribution is 2.33. The second-order valence-corrected chi connectivity index (χ2v) is 13.5. The Morgan fingerprint density at radius 1 is 0.822 bits per heavy atom. The van der Waals surface area contributed by atoms with Gasteiger partial charge in [0.2, 0.25) is 11.8 Å². The fourth-order valence-corrected chi connectivity index (χ4v) is 7.00. The Morgan fingerprint density at radius 3 is 2.11 bits per heavy atom. The monoisotopic (exact) mass is 685 g/mol. The Hall–Kier alpha value is -3.56. The van der Waals surface area contributed by atoms with Gasteiger partial charge >= 0.3 is 0 Å². The molecule has 0 saturated carbocycles. The first-order valence-corrected chi connectivity index (χ1v) is 17.1. The van der Waals surface area contributed by atoms with E-state index in [-0.39, 0.29) is 34.5 Å². The van der Waals surface area contributed by atoms with Crippen LogP contribution in [0.3, 0.4) is 0 Å². The summed E-state index contributed by atoms with van der Waals surface area (Å²) in [6.45, 7) is 1.77.